The average Bonchev–Trinajstić information content (AvgIpc) is 2.67. The summed E-state index contributed by atoms with van der Waals surface area (Å²) >= 11 is 0. The third-order valence-corrected chi connectivity index (χ3v) is 3.79. The van der Waals surface area contributed by atoms with E-state index in [1.54, 1.807) is 30.4 Å². The quantitative estimate of drug-likeness (QED) is 0.463. The Morgan fingerprint density at radius 3 is 2.52 bits per heavy atom. The van der Waals surface area contributed by atoms with Crippen LogP contribution < -0.4 is 9.91 Å². The van der Waals surface area contributed by atoms with E-state index < -0.39 is 4.92 Å². The van der Waals surface area contributed by atoms with Crippen molar-refractivity contribution >= 4 is 23.5 Å². The molecule has 0 saturated carbocycles. The van der Waals surface area contributed by atoms with E-state index >= 15 is 0 Å². The van der Waals surface area contributed by atoms with E-state index in [2.05, 4.69) is 20.2 Å². The van der Waals surface area contributed by atoms with Crippen LogP contribution >= 0.6 is 0 Å². The fourth-order valence-corrected chi connectivity index (χ4v) is 2.35. The van der Waals surface area contributed by atoms with Crippen molar-refractivity contribution in [3.63, 3.8) is 0 Å². The molecular weight excluding hydrogens is 324 g/mol. The monoisotopic (exact) mass is 342 g/mol. The molecule has 0 bridgehead atoms. The number of ether oxygens (including phenoxy) is 1. The molecule has 130 valence electrons. The third kappa shape index (κ3) is 4.27. The minimum Gasteiger partial charge on any atom is -0.378 e. The van der Waals surface area contributed by atoms with Crippen LogP contribution in [0.1, 0.15) is 5.56 Å². The van der Waals surface area contributed by atoms with E-state index in [1.807, 2.05) is 12.1 Å². The molecule has 1 aromatic carbocycles. The zero-order valence-electron chi connectivity index (χ0n) is 13.8. The third-order valence-electron chi connectivity index (χ3n) is 3.79. The molecule has 0 N–H and O–H groups in total. The fourth-order valence-electron chi connectivity index (χ4n) is 2.35. The number of hydrazone groups is 1. The smallest absolute Gasteiger partial charge is 0.269 e. The topological polar surface area (TPSA) is 97.0 Å². The summed E-state index contributed by atoms with van der Waals surface area (Å²) in [6.45, 7) is 3.01. The lowest BCUT2D eigenvalue weighted by atomic mass is 10.2. The Morgan fingerprint density at radius 2 is 1.92 bits per heavy atom. The molecule has 0 unspecified atom stereocenters. The van der Waals surface area contributed by atoms with Gasteiger partial charge in [0.1, 0.15) is 0 Å². The van der Waals surface area contributed by atoms with Crippen LogP contribution in [0.3, 0.4) is 0 Å². The van der Waals surface area contributed by atoms with Gasteiger partial charge in [0.25, 0.3) is 5.69 Å². The van der Waals surface area contributed by atoms with E-state index in [0.717, 1.165) is 24.5 Å². The summed E-state index contributed by atoms with van der Waals surface area (Å²) in [5, 5.41) is 25.0. The second-order valence-corrected chi connectivity index (χ2v) is 5.47. The number of non-ortho nitro benzene ring substituents is 1. The minimum atomic E-state index is -0.432. The molecule has 1 aliphatic heterocycles. The summed E-state index contributed by atoms with van der Waals surface area (Å²) in [7, 11) is 1.76. The van der Waals surface area contributed by atoms with Crippen LogP contribution in [0.2, 0.25) is 0 Å². The van der Waals surface area contributed by atoms with Gasteiger partial charge in [0.2, 0.25) is 0 Å². The normalized spacial score (nSPS) is 14.7. The molecule has 9 nitrogen and oxygen atoms in total. The Bertz CT molecular complexity index is 741. The van der Waals surface area contributed by atoms with Crippen LogP contribution in [0.5, 0.6) is 0 Å². The second-order valence-electron chi connectivity index (χ2n) is 5.47. The van der Waals surface area contributed by atoms with Crippen molar-refractivity contribution in [2.24, 2.45) is 5.10 Å². The minimum absolute atomic E-state index is 0.0510. The van der Waals surface area contributed by atoms with Crippen molar-refractivity contribution in [1.29, 1.82) is 0 Å². The molecule has 2 aromatic rings. The van der Waals surface area contributed by atoms with Crippen LogP contribution in [0, 0.1) is 10.1 Å². The SMILES string of the molecule is CN(N=Cc1ccc([N+](=O)[O-])cc1)c1ccc(N2CCOCC2)nn1. The van der Waals surface area contributed by atoms with Gasteiger partial charge in [0, 0.05) is 32.3 Å². The number of nitrogens with zero attached hydrogens (tertiary/aromatic N) is 6. The van der Waals surface area contributed by atoms with Gasteiger partial charge in [-0.15, -0.1) is 10.2 Å². The highest BCUT2D eigenvalue weighted by Crippen LogP contribution is 2.15. The molecule has 1 aromatic heterocycles. The van der Waals surface area contributed by atoms with E-state index in [9.17, 15) is 10.1 Å². The Morgan fingerprint density at radius 1 is 1.20 bits per heavy atom. The van der Waals surface area contributed by atoms with Crippen molar-refractivity contribution in [1.82, 2.24) is 10.2 Å². The van der Waals surface area contributed by atoms with Gasteiger partial charge in [-0.3, -0.25) is 10.1 Å². The van der Waals surface area contributed by atoms with E-state index in [0.29, 0.717) is 19.0 Å². The summed E-state index contributed by atoms with van der Waals surface area (Å²) in [5.41, 5.74) is 0.811. The van der Waals surface area contributed by atoms with Gasteiger partial charge in [-0.2, -0.15) is 5.10 Å². The summed E-state index contributed by atoms with van der Waals surface area (Å²) in [5.74, 6) is 1.43. The molecule has 0 amide bonds. The molecule has 1 aliphatic rings. The lowest BCUT2D eigenvalue weighted by molar-refractivity contribution is -0.384. The summed E-state index contributed by atoms with van der Waals surface area (Å²) in [4.78, 5) is 12.3. The first-order valence-corrected chi connectivity index (χ1v) is 7.82. The maximum absolute atomic E-state index is 10.6. The summed E-state index contributed by atoms with van der Waals surface area (Å²) < 4.78 is 5.32. The first-order chi connectivity index (χ1) is 12.1. The highest BCUT2D eigenvalue weighted by atomic mass is 16.6. The Kier molecular flexibility index (Phi) is 5.14. The van der Waals surface area contributed by atoms with E-state index in [-0.39, 0.29) is 5.69 Å². The zero-order chi connectivity index (χ0) is 17.6. The average molecular weight is 342 g/mol. The van der Waals surface area contributed by atoms with Crippen molar-refractivity contribution in [2.75, 3.05) is 43.3 Å². The van der Waals surface area contributed by atoms with Crippen LogP contribution in [0.25, 0.3) is 0 Å². The van der Waals surface area contributed by atoms with Crippen molar-refractivity contribution in [3.05, 3.63) is 52.1 Å². The first-order valence-electron chi connectivity index (χ1n) is 7.82. The highest BCUT2D eigenvalue weighted by molar-refractivity contribution is 5.80. The van der Waals surface area contributed by atoms with Crippen LogP contribution in [0.15, 0.2) is 41.5 Å². The highest BCUT2D eigenvalue weighted by Gasteiger charge is 2.13. The molecule has 1 fully saturated rings. The van der Waals surface area contributed by atoms with Gasteiger partial charge < -0.3 is 9.64 Å². The maximum Gasteiger partial charge on any atom is 0.269 e. The predicted molar refractivity (Wildman–Crippen MR) is 94.2 cm³/mol. The number of rotatable bonds is 5. The molecule has 0 aliphatic carbocycles. The molecule has 25 heavy (non-hydrogen) atoms. The summed E-state index contributed by atoms with van der Waals surface area (Å²) in [6, 6.07) is 9.93. The second kappa shape index (κ2) is 7.67. The zero-order valence-corrected chi connectivity index (χ0v) is 13.8. The van der Waals surface area contributed by atoms with Gasteiger partial charge in [-0.05, 0) is 29.8 Å². The van der Waals surface area contributed by atoms with Crippen LogP contribution in [-0.4, -0.2) is 54.7 Å². The van der Waals surface area contributed by atoms with Gasteiger partial charge >= 0.3 is 0 Å². The number of hydrogen-bond donors (Lipinski definition) is 0. The molecule has 9 heteroatoms. The summed E-state index contributed by atoms with van der Waals surface area (Å²) in [6.07, 6.45) is 1.61. The molecule has 0 radical (unpaired) electrons. The Balaban J connectivity index is 1.64. The molecule has 0 atom stereocenters. The first kappa shape index (κ1) is 16.8. The van der Waals surface area contributed by atoms with Crippen LogP contribution in [0.4, 0.5) is 17.3 Å². The molecular formula is C16H18N6O3. The van der Waals surface area contributed by atoms with Crippen molar-refractivity contribution in [2.45, 2.75) is 0 Å². The number of benzene rings is 1. The maximum atomic E-state index is 10.6. The predicted octanol–water partition coefficient (Wildman–Crippen LogP) is 1.69. The van der Waals surface area contributed by atoms with Gasteiger partial charge in [-0.25, -0.2) is 5.01 Å². The fraction of sp³-hybridized carbons (Fsp3) is 0.312. The number of morpholine rings is 1. The molecule has 2 heterocycles. The van der Waals surface area contributed by atoms with Crippen molar-refractivity contribution < 1.29 is 9.66 Å². The van der Waals surface area contributed by atoms with Gasteiger partial charge in [-0.1, -0.05) is 0 Å². The molecule has 0 spiro atoms. The number of aromatic nitrogens is 2. The lowest BCUT2D eigenvalue weighted by Gasteiger charge is -2.27. The number of anilines is 2. The molecule has 3 rings (SSSR count). The van der Waals surface area contributed by atoms with Gasteiger partial charge in [0.15, 0.2) is 11.6 Å². The Hall–Kier alpha value is -3.07. The largest absolute Gasteiger partial charge is 0.378 e. The number of hydrogen-bond acceptors (Lipinski definition) is 8. The Labute approximate surface area is 144 Å². The lowest BCUT2D eigenvalue weighted by Crippen LogP contribution is -2.36. The number of nitro benzene ring substituents is 1. The standard InChI is InChI=1S/C16H18N6O3/c1-20(17-12-13-2-4-14(5-3-13)22(23)24)15-6-7-16(19-18-15)21-8-10-25-11-9-21/h2-7,12H,8-11H2,1H3. The van der Waals surface area contributed by atoms with Crippen LogP contribution in [-0.2, 0) is 4.74 Å². The van der Waals surface area contributed by atoms with Gasteiger partial charge in [0.05, 0.1) is 24.4 Å². The number of nitro groups is 1. The molecule has 1 saturated heterocycles. The van der Waals surface area contributed by atoms with E-state index in [4.69, 9.17) is 4.74 Å². The van der Waals surface area contributed by atoms with E-state index in [1.165, 1.54) is 12.1 Å². The van der Waals surface area contributed by atoms with Crippen molar-refractivity contribution in [3.8, 4) is 0 Å².